The molecule has 1 unspecified atom stereocenters. The van der Waals surface area contributed by atoms with Crippen LogP contribution in [-0.4, -0.2) is 36.1 Å². The molecule has 1 aromatic rings. The first kappa shape index (κ1) is 13.2. The van der Waals surface area contributed by atoms with Crippen LogP contribution in [0.3, 0.4) is 0 Å². The topological polar surface area (TPSA) is 28.4 Å². The highest BCUT2D eigenvalue weighted by atomic mass is 16.3. The lowest BCUT2D eigenvalue weighted by atomic mass is 9.80. The summed E-state index contributed by atoms with van der Waals surface area (Å²) in [6, 6.07) is 4.66. The Balaban J connectivity index is 1.61. The maximum absolute atomic E-state index is 5.49. The number of furan rings is 1. The van der Waals surface area contributed by atoms with E-state index in [2.05, 4.69) is 23.2 Å². The lowest BCUT2D eigenvalue weighted by Gasteiger charge is -2.48. The fourth-order valence-corrected chi connectivity index (χ4v) is 3.78. The molecule has 0 amide bonds. The molecule has 1 aliphatic carbocycles. The Morgan fingerprint density at radius 2 is 2.21 bits per heavy atom. The number of hydrogen-bond acceptors (Lipinski definition) is 3. The zero-order valence-electron chi connectivity index (χ0n) is 12.0. The molecule has 0 radical (unpaired) electrons. The first-order valence-electron chi connectivity index (χ1n) is 7.79. The van der Waals surface area contributed by atoms with Crippen LogP contribution in [0.15, 0.2) is 22.8 Å². The summed E-state index contributed by atoms with van der Waals surface area (Å²) in [7, 11) is 0. The van der Waals surface area contributed by atoms with E-state index >= 15 is 0 Å². The van der Waals surface area contributed by atoms with Crippen molar-refractivity contribution < 1.29 is 4.42 Å². The van der Waals surface area contributed by atoms with Crippen LogP contribution in [0.25, 0.3) is 0 Å². The van der Waals surface area contributed by atoms with E-state index in [1.165, 1.54) is 45.2 Å². The summed E-state index contributed by atoms with van der Waals surface area (Å²) in [5.41, 5.74) is 0.411. The molecule has 106 valence electrons. The molecule has 1 saturated carbocycles. The van der Waals surface area contributed by atoms with Crippen LogP contribution >= 0.6 is 0 Å². The van der Waals surface area contributed by atoms with Crippen molar-refractivity contribution in [1.82, 2.24) is 10.2 Å². The first-order valence-corrected chi connectivity index (χ1v) is 7.79. The summed E-state index contributed by atoms with van der Waals surface area (Å²) in [4.78, 5) is 2.66. The zero-order chi connectivity index (χ0) is 13.1. The van der Waals surface area contributed by atoms with Gasteiger partial charge in [-0.2, -0.15) is 0 Å². The minimum Gasteiger partial charge on any atom is -0.469 e. The lowest BCUT2D eigenvalue weighted by Crippen LogP contribution is -2.62. The van der Waals surface area contributed by atoms with Gasteiger partial charge in [-0.3, -0.25) is 4.90 Å². The summed E-state index contributed by atoms with van der Waals surface area (Å²) >= 11 is 0. The van der Waals surface area contributed by atoms with E-state index in [4.69, 9.17) is 4.42 Å². The smallest absolute Gasteiger partial charge is 0.105 e. The second-order valence-electron chi connectivity index (χ2n) is 6.37. The van der Waals surface area contributed by atoms with Gasteiger partial charge in [0.1, 0.15) is 5.76 Å². The molecular weight excluding hydrogens is 236 g/mol. The van der Waals surface area contributed by atoms with Crippen LogP contribution in [-0.2, 0) is 6.42 Å². The van der Waals surface area contributed by atoms with Crippen LogP contribution in [0.2, 0.25) is 0 Å². The minimum absolute atomic E-state index is 0.411. The van der Waals surface area contributed by atoms with Crippen molar-refractivity contribution in [3.05, 3.63) is 24.2 Å². The second kappa shape index (κ2) is 5.68. The van der Waals surface area contributed by atoms with Crippen LogP contribution in [0, 0.1) is 0 Å². The highest BCUT2D eigenvalue weighted by Gasteiger charge is 2.37. The molecule has 19 heavy (non-hydrogen) atoms. The molecule has 1 aliphatic heterocycles. The molecule has 2 fully saturated rings. The van der Waals surface area contributed by atoms with Gasteiger partial charge >= 0.3 is 0 Å². The maximum Gasteiger partial charge on any atom is 0.105 e. The quantitative estimate of drug-likeness (QED) is 0.908. The third-order valence-corrected chi connectivity index (χ3v) is 4.92. The predicted molar refractivity (Wildman–Crippen MR) is 77.3 cm³/mol. The van der Waals surface area contributed by atoms with Crippen molar-refractivity contribution in [2.75, 3.05) is 19.6 Å². The van der Waals surface area contributed by atoms with Gasteiger partial charge in [0, 0.05) is 37.6 Å². The van der Waals surface area contributed by atoms with Crippen molar-refractivity contribution >= 4 is 0 Å². The molecule has 3 rings (SSSR count). The Bertz CT molecular complexity index is 376. The summed E-state index contributed by atoms with van der Waals surface area (Å²) in [5.74, 6) is 1.11. The predicted octanol–water partition coefficient (Wildman–Crippen LogP) is 2.82. The normalized spacial score (nSPS) is 25.5. The number of piperazine rings is 1. The van der Waals surface area contributed by atoms with Crippen LogP contribution < -0.4 is 5.32 Å². The lowest BCUT2D eigenvalue weighted by molar-refractivity contribution is 0.0715. The summed E-state index contributed by atoms with van der Waals surface area (Å²) in [5, 5.41) is 3.81. The van der Waals surface area contributed by atoms with Gasteiger partial charge in [0.15, 0.2) is 0 Å². The Kier molecular flexibility index (Phi) is 3.94. The molecule has 3 heteroatoms. The van der Waals surface area contributed by atoms with Gasteiger partial charge in [0.2, 0.25) is 0 Å². The van der Waals surface area contributed by atoms with Crippen molar-refractivity contribution in [2.24, 2.45) is 0 Å². The molecule has 1 aromatic heterocycles. The fraction of sp³-hybridized carbons (Fsp3) is 0.750. The molecule has 2 aliphatic rings. The van der Waals surface area contributed by atoms with E-state index in [1.54, 1.807) is 6.26 Å². The highest BCUT2D eigenvalue weighted by molar-refractivity contribution is 5.02. The molecule has 0 aromatic carbocycles. The second-order valence-corrected chi connectivity index (χ2v) is 6.37. The van der Waals surface area contributed by atoms with E-state index in [0.717, 1.165) is 18.7 Å². The van der Waals surface area contributed by atoms with Gasteiger partial charge < -0.3 is 9.73 Å². The maximum atomic E-state index is 5.49. The van der Waals surface area contributed by atoms with Gasteiger partial charge in [-0.25, -0.2) is 0 Å². The number of rotatable bonds is 3. The van der Waals surface area contributed by atoms with E-state index in [9.17, 15) is 0 Å². The molecule has 1 N–H and O–H groups in total. The SMILES string of the molecule is CC(Cc1ccco1)N1CCNC2(CCCCC2)C1. The van der Waals surface area contributed by atoms with Gasteiger partial charge in [0.25, 0.3) is 0 Å². The van der Waals surface area contributed by atoms with Crippen LogP contribution in [0.4, 0.5) is 0 Å². The van der Waals surface area contributed by atoms with E-state index in [1.807, 2.05) is 6.07 Å². The van der Waals surface area contributed by atoms with Crippen molar-refractivity contribution in [2.45, 2.75) is 57.0 Å². The molecule has 3 nitrogen and oxygen atoms in total. The standard InChI is InChI=1S/C16H26N2O/c1-14(12-15-6-5-11-19-15)18-10-9-17-16(13-18)7-3-2-4-8-16/h5-6,11,14,17H,2-4,7-10,12-13H2,1H3. The summed E-state index contributed by atoms with van der Waals surface area (Å²) < 4.78 is 5.49. The number of hydrogen-bond donors (Lipinski definition) is 1. The molecule has 1 saturated heterocycles. The molecule has 1 atom stereocenters. The van der Waals surface area contributed by atoms with E-state index in [0.29, 0.717) is 11.6 Å². The average molecular weight is 262 g/mol. The fourth-order valence-electron chi connectivity index (χ4n) is 3.78. The van der Waals surface area contributed by atoms with E-state index < -0.39 is 0 Å². The van der Waals surface area contributed by atoms with Crippen molar-refractivity contribution in [3.63, 3.8) is 0 Å². The molecular formula is C16H26N2O. The van der Waals surface area contributed by atoms with Crippen molar-refractivity contribution in [3.8, 4) is 0 Å². The number of nitrogens with zero attached hydrogens (tertiary/aromatic N) is 1. The van der Waals surface area contributed by atoms with Gasteiger partial charge in [-0.05, 0) is 31.9 Å². The third-order valence-electron chi connectivity index (χ3n) is 4.92. The van der Waals surface area contributed by atoms with Gasteiger partial charge in [-0.1, -0.05) is 19.3 Å². The van der Waals surface area contributed by atoms with Crippen molar-refractivity contribution in [1.29, 1.82) is 0 Å². The molecule has 1 spiro atoms. The van der Waals surface area contributed by atoms with E-state index in [-0.39, 0.29) is 0 Å². The van der Waals surface area contributed by atoms with Crippen LogP contribution in [0.5, 0.6) is 0 Å². The third kappa shape index (κ3) is 3.03. The largest absolute Gasteiger partial charge is 0.469 e. The first-order chi connectivity index (χ1) is 9.27. The Labute approximate surface area is 116 Å². The number of nitrogens with one attached hydrogen (secondary N) is 1. The minimum atomic E-state index is 0.411. The van der Waals surface area contributed by atoms with Crippen LogP contribution in [0.1, 0.15) is 44.8 Å². The summed E-state index contributed by atoms with van der Waals surface area (Å²) in [6.07, 6.45) is 9.74. The zero-order valence-corrected chi connectivity index (χ0v) is 12.0. The average Bonchev–Trinajstić information content (AvgIpc) is 2.92. The summed E-state index contributed by atoms with van der Waals surface area (Å²) in [6.45, 7) is 5.87. The Morgan fingerprint density at radius 3 is 2.95 bits per heavy atom. The van der Waals surface area contributed by atoms with Gasteiger partial charge in [-0.15, -0.1) is 0 Å². The molecule has 2 heterocycles. The highest BCUT2D eigenvalue weighted by Crippen LogP contribution is 2.31. The Hall–Kier alpha value is -0.800. The monoisotopic (exact) mass is 262 g/mol. The molecule has 0 bridgehead atoms. The van der Waals surface area contributed by atoms with Gasteiger partial charge in [0.05, 0.1) is 6.26 Å². The Morgan fingerprint density at radius 1 is 1.37 bits per heavy atom.